The van der Waals surface area contributed by atoms with Gasteiger partial charge in [-0.1, -0.05) is 5.92 Å². The van der Waals surface area contributed by atoms with Gasteiger partial charge < -0.3 is 9.33 Å². The van der Waals surface area contributed by atoms with Crippen molar-refractivity contribution in [2.45, 2.75) is 57.3 Å². The highest BCUT2D eigenvalue weighted by Gasteiger charge is 2.45. The summed E-state index contributed by atoms with van der Waals surface area (Å²) in [5.74, 6) is 3.95. The monoisotopic (exact) mass is 277 g/mol. The molecular weight excluding hydrogens is 254 g/mol. The van der Waals surface area contributed by atoms with Crippen molar-refractivity contribution in [2.24, 2.45) is 0 Å². The summed E-state index contributed by atoms with van der Waals surface area (Å²) in [4.78, 5) is 13.8. The second kappa shape index (κ2) is 5.05. The molecule has 0 N–H and O–H groups in total. The van der Waals surface area contributed by atoms with E-state index in [4.69, 9.17) is 10.8 Å². The maximum Gasteiger partial charge on any atom is 0.241 e. The molecule has 0 aromatic rings. The highest BCUT2D eigenvalue weighted by molar-refractivity contribution is 6.70. The third-order valence-electron chi connectivity index (χ3n) is 3.91. The molecule has 0 bridgehead atoms. The van der Waals surface area contributed by atoms with Gasteiger partial charge in [-0.2, -0.15) is 0 Å². The first-order valence-electron chi connectivity index (χ1n) is 6.98. The van der Waals surface area contributed by atoms with Gasteiger partial charge >= 0.3 is 0 Å². The molecule has 0 aromatic carbocycles. The van der Waals surface area contributed by atoms with Crippen LogP contribution in [0.5, 0.6) is 0 Å². The molecule has 0 saturated carbocycles. The number of hydrogen-bond acceptors (Lipinski definition) is 2. The van der Waals surface area contributed by atoms with Gasteiger partial charge in [-0.15, -0.1) is 6.42 Å². The van der Waals surface area contributed by atoms with Gasteiger partial charge in [-0.3, -0.25) is 4.79 Å². The summed E-state index contributed by atoms with van der Waals surface area (Å²) < 4.78 is 6.06. The van der Waals surface area contributed by atoms with Crippen LogP contribution >= 0.6 is 0 Å². The first kappa shape index (κ1) is 14.2. The Morgan fingerprint density at radius 1 is 1.42 bits per heavy atom. The van der Waals surface area contributed by atoms with Gasteiger partial charge in [0.25, 0.3) is 0 Å². The van der Waals surface area contributed by atoms with E-state index in [1.807, 2.05) is 4.90 Å². The van der Waals surface area contributed by atoms with Gasteiger partial charge in [0.15, 0.2) is 0 Å². The molecule has 0 aromatic heterocycles. The average Bonchev–Trinajstić information content (AvgIpc) is 2.61. The first-order chi connectivity index (χ1) is 8.86. The minimum absolute atomic E-state index is 0.0320. The molecule has 1 heterocycles. The molecular formula is C15H23NO2Si. The van der Waals surface area contributed by atoms with Crippen LogP contribution in [0.25, 0.3) is 0 Å². The Morgan fingerprint density at radius 3 is 2.63 bits per heavy atom. The molecule has 1 aliphatic heterocycles. The first-order valence-corrected chi connectivity index (χ1v) is 10.4. The highest BCUT2D eigenvalue weighted by Crippen LogP contribution is 2.41. The molecule has 2 rings (SSSR count). The fourth-order valence-electron chi connectivity index (χ4n) is 3.04. The number of carbonyl (C=O) groups is 1. The normalized spacial score (nSPS) is 27.4. The summed E-state index contributed by atoms with van der Waals surface area (Å²) in [5.41, 5.74) is -0.0320. The molecule has 1 fully saturated rings. The summed E-state index contributed by atoms with van der Waals surface area (Å²) in [5, 5.41) is 0. The van der Waals surface area contributed by atoms with Crippen LogP contribution in [0.2, 0.25) is 19.6 Å². The fourth-order valence-corrected chi connectivity index (χ4v) is 4.02. The van der Waals surface area contributed by atoms with Gasteiger partial charge in [0.1, 0.15) is 0 Å². The minimum atomic E-state index is -1.52. The lowest BCUT2D eigenvalue weighted by Gasteiger charge is -2.40. The Morgan fingerprint density at radius 2 is 2.11 bits per heavy atom. The van der Waals surface area contributed by atoms with E-state index < -0.39 is 8.32 Å². The van der Waals surface area contributed by atoms with Crippen LogP contribution in [0.4, 0.5) is 0 Å². The SMILES string of the molecule is C#CCN1C(=O)CCC12CC=C(O[Si](C)(C)C)CC2. The summed E-state index contributed by atoms with van der Waals surface area (Å²) in [6.45, 7) is 7.03. The van der Waals surface area contributed by atoms with Crippen molar-refractivity contribution in [1.82, 2.24) is 4.90 Å². The van der Waals surface area contributed by atoms with Crippen molar-refractivity contribution in [3.8, 4) is 12.3 Å². The van der Waals surface area contributed by atoms with E-state index in [0.717, 1.165) is 31.4 Å². The van der Waals surface area contributed by atoms with Crippen molar-refractivity contribution in [3.05, 3.63) is 11.8 Å². The number of hydrogen-bond donors (Lipinski definition) is 0. The second-order valence-corrected chi connectivity index (χ2v) is 10.9. The summed E-state index contributed by atoms with van der Waals surface area (Å²) >= 11 is 0. The Kier molecular flexibility index (Phi) is 3.77. The molecule has 1 unspecified atom stereocenters. The highest BCUT2D eigenvalue weighted by atomic mass is 28.4. The average molecular weight is 277 g/mol. The van der Waals surface area contributed by atoms with Crippen LogP contribution in [0, 0.1) is 12.3 Å². The lowest BCUT2D eigenvalue weighted by atomic mass is 9.82. The summed E-state index contributed by atoms with van der Waals surface area (Å²) in [7, 11) is -1.52. The Bertz CT molecular complexity index is 444. The van der Waals surface area contributed by atoms with Crippen LogP contribution in [0.3, 0.4) is 0 Å². The lowest BCUT2D eigenvalue weighted by molar-refractivity contribution is -0.130. The maximum absolute atomic E-state index is 11.9. The van der Waals surface area contributed by atoms with E-state index in [-0.39, 0.29) is 11.4 Å². The molecule has 4 heteroatoms. The Balaban J connectivity index is 2.09. The summed E-state index contributed by atoms with van der Waals surface area (Å²) in [6.07, 6.45) is 12.0. The maximum atomic E-state index is 11.9. The molecule has 104 valence electrons. The van der Waals surface area contributed by atoms with Crippen molar-refractivity contribution in [3.63, 3.8) is 0 Å². The zero-order valence-electron chi connectivity index (χ0n) is 12.2. The largest absolute Gasteiger partial charge is 0.548 e. The molecule has 2 aliphatic rings. The van der Waals surface area contributed by atoms with E-state index >= 15 is 0 Å². The zero-order chi connectivity index (χ0) is 14.1. The van der Waals surface area contributed by atoms with Crippen molar-refractivity contribution < 1.29 is 9.22 Å². The van der Waals surface area contributed by atoms with Crippen LogP contribution in [-0.2, 0) is 9.22 Å². The van der Waals surface area contributed by atoms with Gasteiger partial charge in [0.05, 0.1) is 12.3 Å². The van der Waals surface area contributed by atoms with Gasteiger partial charge in [0.2, 0.25) is 14.2 Å². The number of allylic oxidation sites excluding steroid dienone is 1. The summed E-state index contributed by atoms with van der Waals surface area (Å²) in [6, 6.07) is 0. The van der Waals surface area contributed by atoms with Gasteiger partial charge in [-0.25, -0.2) is 0 Å². The topological polar surface area (TPSA) is 29.5 Å². The van der Waals surface area contributed by atoms with Crippen LogP contribution in [0.15, 0.2) is 11.8 Å². The molecule has 1 aliphatic carbocycles. The Hall–Kier alpha value is -1.21. The molecule has 3 nitrogen and oxygen atoms in total. The minimum Gasteiger partial charge on any atom is -0.548 e. The molecule has 1 saturated heterocycles. The Labute approximate surface area is 117 Å². The van der Waals surface area contributed by atoms with Gasteiger partial charge in [0, 0.05) is 18.4 Å². The van der Waals surface area contributed by atoms with Crippen molar-refractivity contribution in [1.29, 1.82) is 0 Å². The molecule has 1 spiro atoms. The molecule has 1 atom stereocenters. The van der Waals surface area contributed by atoms with Crippen molar-refractivity contribution in [2.75, 3.05) is 6.54 Å². The predicted octanol–water partition coefficient (Wildman–Crippen LogP) is 2.90. The number of rotatable bonds is 3. The van der Waals surface area contributed by atoms with Crippen LogP contribution in [-0.4, -0.2) is 31.2 Å². The van der Waals surface area contributed by atoms with E-state index in [9.17, 15) is 4.79 Å². The number of nitrogens with zero attached hydrogens (tertiary/aromatic N) is 1. The smallest absolute Gasteiger partial charge is 0.241 e. The number of likely N-dealkylation sites (tertiary alicyclic amines) is 1. The molecule has 0 radical (unpaired) electrons. The number of carbonyl (C=O) groups excluding carboxylic acids is 1. The number of amides is 1. The van der Waals surface area contributed by atoms with Crippen LogP contribution < -0.4 is 0 Å². The second-order valence-electron chi connectivity index (χ2n) is 6.50. The van der Waals surface area contributed by atoms with E-state index in [2.05, 4.69) is 31.6 Å². The predicted molar refractivity (Wildman–Crippen MR) is 78.9 cm³/mol. The quantitative estimate of drug-likeness (QED) is 0.586. The van der Waals surface area contributed by atoms with E-state index in [1.165, 1.54) is 0 Å². The lowest BCUT2D eigenvalue weighted by Crippen LogP contribution is -2.47. The van der Waals surface area contributed by atoms with Gasteiger partial charge in [-0.05, 0) is 45.0 Å². The molecule has 1 amide bonds. The zero-order valence-corrected chi connectivity index (χ0v) is 13.2. The third kappa shape index (κ3) is 3.03. The van der Waals surface area contributed by atoms with Crippen LogP contribution in [0.1, 0.15) is 32.1 Å². The molecule has 19 heavy (non-hydrogen) atoms. The standard InChI is InChI=1S/C15H23NO2Si/c1-5-12-16-14(17)8-11-15(16)9-6-13(7-10-15)18-19(2,3)4/h1,6H,7-12H2,2-4H3. The number of terminal acetylenes is 1. The third-order valence-corrected chi connectivity index (χ3v) is 4.79. The van der Waals surface area contributed by atoms with Crippen molar-refractivity contribution >= 4 is 14.2 Å². The fraction of sp³-hybridized carbons (Fsp3) is 0.667. The van der Waals surface area contributed by atoms with E-state index in [1.54, 1.807) is 0 Å². The van der Waals surface area contributed by atoms with E-state index in [0.29, 0.717) is 13.0 Å².